The first-order valence-electron chi connectivity index (χ1n) is 22.0. The van der Waals surface area contributed by atoms with E-state index >= 15 is 0 Å². The van der Waals surface area contributed by atoms with E-state index in [1.165, 1.54) is 0 Å². The summed E-state index contributed by atoms with van der Waals surface area (Å²) >= 11 is 1.75. The average molecular weight is 895 g/mol. The van der Waals surface area contributed by atoms with Crippen LogP contribution in [0.15, 0.2) is 54.6 Å². The standard InChI is InChI=1S/C45H66N8O9S/c1-4-62-39(56)20-12-6-11-19-37(54)53-40(30(2)3)44(60)52-35(18-14-27-47-45(46)61)42(58)49-33-23-21-31(22-24-33)29-63-28-13-7-10-17-34(41(57)48-32-15-8-5-9-16-32)51-43(59)36-25-26-38(55)50-36/h5,8-9,15-16,21-24,30,34-36,40H,4,6-7,10-14,17-20,25-29H2,1-3H3,(H,48,57)(H,49,58)(H,50,55)(H,51,59)(H,52,60)(H,53,54)(H3,46,47,61)/t34?,35?,36-,40?/m1/s1. The van der Waals surface area contributed by atoms with Gasteiger partial charge in [0, 0.05) is 42.9 Å². The third-order valence-corrected chi connectivity index (χ3v) is 11.3. The lowest BCUT2D eigenvalue weighted by Crippen LogP contribution is -2.54. The zero-order valence-corrected chi connectivity index (χ0v) is 37.6. The van der Waals surface area contributed by atoms with Gasteiger partial charge in [-0.1, -0.05) is 63.4 Å². The van der Waals surface area contributed by atoms with E-state index in [0.717, 1.165) is 36.3 Å². The van der Waals surface area contributed by atoms with Gasteiger partial charge in [0.25, 0.3) is 0 Å². The van der Waals surface area contributed by atoms with Crippen LogP contribution in [0.5, 0.6) is 0 Å². The molecule has 8 amide bonds. The molecular formula is C45H66N8O9S. The fourth-order valence-electron chi connectivity index (χ4n) is 6.73. The van der Waals surface area contributed by atoms with Crippen molar-refractivity contribution < 1.29 is 43.1 Å². The molecule has 3 unspecified atom stereocenters. The minimum atomic E-state index is -0.969. The van der Waals surface area contributed by atoms with Crippen molar-refractivity contribution in [1.82, 2.24) is 26.6 Å². The number of urea groups is 1. The number of benzene rings is 2. The summed E-state index contributed by atoms with van der Waals surface area (Å²) in [5.41, 5.74) is 7.42. The van der Waals surface area contributed by atoms with Gasteiger partial charge < -0.3 is 47.7 Å². The molecule has 1 saturated heterocycles. The normalized spacial score (nSPS) is 14.7. The maximum absolute atomic E-state index is 13.5. The lowest BCUT2D eigenvalue weighted by atomic mass is 10.0. The summed E-state index contributed by atoms with van der Waals surface area (Å²) in [6.07, 6.45) is 6.42. The summed E-state index contributed by atoms with van der Waals surface area (Å²) in [5, 5.41) is 19.3. The van der Waals surface area contributed by atoms with Crippen LogP contribution in [0.1, 0.15) is 110 Å². The van der Waals surface area contributed by atoms with Gasteiger partial charge in [0.15, 0.2) is 0 Å². The van der Waals surface area contributed by atoms with Crippen LogP contribution >= 0.6 is 11.8 Å². The van der Waals surface area contributed by atoms with Crippen molar-refractivity contribution in [2.45, 2.75) is 134 Å². The van der Waals surface area contributed by atoms with Gasteiger partial charge in [-0.05, 0) is 93.4 Å². The summed E-state index contributed by atoms with van der Waals surface area (Å²) in [5.74, 6) is -1.04. The predicted molar refractivity (Wildman–Crippen MR) is 243 cm³/mol. The van der Waals surface area contributed by atoms with E-state index in [1.807, 2.05) is 30.3 Å². The highest BCUT2D eigenvalue weighted by Crippen LogP contribution is 2.19. The van der Waals surface area contributed by atoms with Crippen molar-refractivity contribution in [3.63, 3.8) is 0 Å². The first-order chi connectivity index (χ1) is 30.2. The topological polar surface area (TPSA) is 256 Å². The van der Waals surface area contributed by atoms with Crippen LogP contribution in [0.25, 0.3) is 0 Å². The van der Waals surface area contributed by atoms with Crippen molar-refractivity contribution in [1.29, 1.82) is 0 Å². The second-order valence-corrected chi connectivity index (χ2v) is 16.9. The largest absolute Gasteiger partial charge is 0.466 e. The molecule has 63 heavy (non-hydrogen) atoms. The fourth-order valence-corrected chi connectivity index (χ4v) is 7.71. The lowest BCUT2D eigenvalue weighted by Gasteiger charge is -2.25. The first kappa shape index (κ1) is 51.7. The SMILES string of the molecule is CCOC(=O)CCCCCC(=O)NC(C(=O)NC(CCCNC(N)=O)C(=O)Nc1ccc(CSCCCCCC(NC(=O)[C@H]2CCC(=O)N2)C(=O)Nc2ccccc2)cc1)C(C)C. The molecule has 9 N–H and O–H groups in total. The molecule has 2 aromatic rings. The molecule has 1 heterocycles. The molecule has 0 aliphatic carbocycles. The number of carbonyl (C=O) groups is 8. The maximum Gasteiger partial charge on any atom is 0.312 e. The number of carbonyl (C=O) groups excluding carboxylic acids is 8. The van der Waals surface area contributed by atoms with Crippen LogP contribution in [0.3, 0.4) is 0 Å². The highest BCUT2D eigenvalue weighted by molar-refractivity contribution is 7.98. The molecule has 2 aromatic carbocycles. The molecule has 346 valence electrons. The van der Waals surface area contributed by atoms with Crippen LogP contribution in [0, 0.1) is 5.92 Å². The predicted octanol–water partition coefficient (Wildman–Crippen LogP) is 4.41. The molecule has 17 nitrogen and oxygen atoms in total. The lowest BCUT2D eigenvalue weighted by molar-refractivity contribution is -0.143. The maximum atomic E-state index is 13.5. The van der Waals surface area contributed by atoms with E-state index in [4.69, 9.17) is 10.5 Å². The summed E-state index contributed by atoms with van der Waals surface area (Å²) in [7, 11) is 0. The fraction of sp³-hybridized carbons (Fsp3) is 0.556. The Labute approximate surface area is 374 Å². The van der Waals surface area contributed by atoms with E-state index < -0.39 is 42.0 Å². The molecule has 18 heteroatoms. The molecule has 0 saturated carbocycles. The van der Waals surface area contributed by atoms with E-state index in [9.17, 15) is 38.4 Å². The Morgan fingerprint density at radius 2 is 1.40 bits per heavy atom. The number of ether oxygens (including phenoxy) is 1. The molecule has 3 rings (SSSR count). The second kappa shape index (κ2) is 28.9. The van der Waals surface area contributed by atoms with Gasteiger partial charge in [-0.25, -0.2) is 4.79 Å². The van der Waals surface area contributed by atoms with Crippen molar-refractivity contribution in [2.75, 3.05) is 29.5 Å². The summed E-state index contributed by atoms with van der Waals surface area (Å²) in [4.78, 5) is 100. The molecule has 0 radical (unpaired) electrons. The Balaban J connectivity index is 1.46. The quantitative estimate of drug-likeness (QED) is 0.0422. The number of primary amides is 1. The van der Waals surface area contributed by atoms with Crippen LogP contribution in [0.4, 0.5) is 16.2 Å². The van der Waals surface area contributed by atoms with E-state index in [1.54, 1.807) is 56.8 Å². The van der Waals surface area contributed by atoms with Crippen LogP contribution in [0.2, 0.25) is 0 Å². The van der Waals surface area contributed by atoms with Crippen molar-refractivity contribution >= 4 is 70.6 Å². The average Bonchev–Trinajstić information content (AvgIpc) is 3.69. The molecule has 1 fully saturated rings. The van der Waals surface area contributed by atoms with Gasteiger partial charge in [-0.3, -0.25) is 33.6 Å². The van der Waals surface area contributed by atoms with Gasteiger partial charge in [-0.15, -0.1) is 0 Å². The highest BCUT2D eigenvalue weighted by atomic mass is 32.2. The second-order valence-electron chi connectivity index (χ2n) is 15.8. The third-order valence-electron chi connectivity index (χ3n) is 10.2. The van der Waals surface area contributed by atoms with Gasteiger partial charge in [0.1, 0.15) is 24.2 Å². The van der Waals surface area contributed by atoms with Crippen molar-refractivity contribution in [3.8, 4) is 0 Å². The minimum Gasteiger partial charge on any atom is -0.466 e. The van der Waals surface area contributed by atoms with Crippen molar-refractivity contribution in [3.05, 3.63) is 60.2 Å². The number of hydrogen-bond acceptors (Lipinski definition) is 10. The molecular weight excluding hydrogens is 829 g/mol. The van der Waals surface area contributed by atoms with Crippen LogP contribution in [-0.2, 0) is 44.1 Å². The number of unbranched alkanes of at least 4 members (excludes halogenated alkanes) is 4. The van der Waals surface area contributed by atoms with Gasteiger partial charge >= 0.3 is 12.0 Å². The monoisotopic (exact) mass is 894 g/mol. The van der Waals surface area contributed by atoms with E-state index in [2.05, 4.69) is 37.2 Å². The number of esters is 1. The number of thioether (sulfide) groups is 1. The Morgan fingerprint density at radius 1 is 0.762 bits per heavy atom. The highest BCUT2D eigenvalue weighted by Gasteiger charge is 2.31. The number of rotatable bonds is 29. The van der Waals surface area contributed by atoms with Crippen LogP contribution < -0.4 is 43.0 Å². The van der Waals surface area contributed by atoms with Gasteiger partial charge in [-0.2, -0.15) is 11.8 Å². The zero-order valence-electron chi connectivity index (χ0n) is 36.8. The number of para-hydroxylation sites is 1. The molecule has 0 bridgehead atoms. The third kappa shape index (κ3) is 20.8. The van der Waals surface area contributed by atoms with Gasteiger partial charge in [0.2, 0.25) is 35.4 Å². The molecule has 0 spiro atoms. The summed E-state index contributed by atoms with van der Waals surface area (Å²) in [6, 6.07) is 12.5. The molecule has 4 atom stereocenters. The minimum absolute atomic E-state index is 0.175. The number of hydrogen-bond donors (Lipinski definition) is 8. The first-order valence-corrected chi connectivity index (χ1v) is 23.1. The van der Waals surface area contributed by atoms with E-state index in [0.29, 0.717) is 56.5 Å². The smallest absolute Gasteiger partial charge is 0.312 e. The number of nitrogens with two attached hydrogens (primary N) is 1. The summed E-state index contributed by atoms with van der Waals surface area (Å²) < 4.78 is 4.93. The summed E-state index contributed by atoms with van der Waals surface area (Å²) in [6.45, 7) is 5.87. The van der Waals surface area contributed by atoms with Gasteiger partial charge in [0.05, 0.1) is 6.61 Å². The molecule has 0 aromatic heterocycles. The Bertz CT molecular complexity index is 1800. The number of anilines is 2. The molecule has 1 aliphatic heterocycles. The Kier molecular flexibility index (Phi) is 23.7. The number of nitrogens with one attached hydrogen (secondary N) is 7. The number of amides is 8. The Morgan fingerprint density at radius 3 is 2.03 bits per heavy atom. The van der Waals surface area contributed by atoms with Crippen molar-refractivity contribution in [2.24, 2.45) is 11.7 Å². The van der Waals surface area contributed by atoms with E-state index in [-0.39, 0.29) is 67.7 Å². The zero-order chi connectivity index (χ0) is 46.0. The van der Waals surface area contributed by atoms with Crippen LogP contribution in [-0.4, -0.2) is 90.5 Å². The Hall–Kier alpha value is -5.65. The molecule has 1 aliphatic rings.